The van der Waals surface area contributed by atoms with Gasteiger partial charge in [0.15, 0.2) is 12.2 Å². The van der Waals surface area contributed by atoms with Crippen molar-refractivity contribution in [3.05, 3.63) is 0 Å². The maximum atomic E-state index is 13.1. The van der Waals surface area contributed by atoms with Crippen LogP contribution in [0.4, 0.5) is 0 Å². The van der Waals surface area contributed by atoms with Gasteiger partial charge in [0.05, 0.1) is 26.4 Å². The van der Waals surface area contributed by atoms with Gasteiger partial charge in [-0.25, -0.2) is 9.13 Å². The Bertz CT molecular complexity index is 1790. The van der Waals surface area contributed by atoms with Crippen molar-refractivity contribution in [2.75, 3.05) is 39.6 Å². The fraction of sp³-hybridized carbons (Fsp3) is 0.945. The third-order valence-corrected chi connectivity index (χ3v) is 18.9. The third kappa shape index (κ3) is 66.7. The predicted octanol–water partition coefficient (Wildman–Crippen LogP) is 21.2. The van der Waals surface area contributed by atoms with E-state index >= 15 is 0 Å². The zero-order valence-corrected chi connectivity index (χ0v) is 61.6. The highest BCUT2D eigenvalue weighted by atomic mass is 31.2. The van der Waals surface area contributed by atoms with Crippen LogP contribution in [-0.4, -0.2) is 96.7 Å². The number of esters is 4. The first-order valence-corrected chi connectivity index (χ1v) is 41.0. The molecule has 0 rings (SSSR count). The summed E-state index contributed by atoms with van der Waals surface area (Å²) < 4.78 is 68.4. The molecule has 0 aromatic heterocycles. The molecular weight excluding hydrogens is 1210 g/mol. The lowest BCUT2D eigenvalue weighted by molar-refractivity contribution is -0.161. The molecule has 3 N–H and O–H groups in total. The van der Waals surface area contributed by atoms with Gasteiger partial charge in [-0.3, -0.25) is 37.3 Å². The average Bonchev–Trinajstić information content (AvgIpc) is 2.51. The van der Waals surface area contributed by atoms with Crippen LogP contribution in [0.3, 0.4) is 0 Å². The van der Waals surface area contributed by atoms with E-state index in [-0.39, 0.29) is 25.7 Å². The van der Waals surface area contributed by atoms with Gasteiger partial charge in [0.25, 0.3) is 0 Å². The number of aliphatic hydroxyl groups is 1. The molecule has 0 fully saturated rings. The second-order valence-corrected chi connectivity index (χ2v) is 30.2. The van der Waals surface area contributed by atoms with E-state index in [1.807, 2.05) is 0 Å². The van der Waals surface area contributed by atoms with Crippen LogP contribution >= 0.6 is 15.6 Å². The van der Waals surface area contributed by atoms with Gasteiger partial charge in [-0.2, -0.15) is 0 Å². The number of phosphoric acid groups is 2. The minimum Gasteiger partial charge on any atom is -0.462 e. The van der Waals surface area contributed by atoms with Crippen LogP contribution in [0.15, 0.2) is 0 Å². The minimum absolute atomic E-state index is 0.107. The van der Waals surface area contributed by atoms with E-state index in [1.54, 1.807) is 0 Å². The van der Waals surface area contributed by atoms with Crippen molar-refractivity contribution in [1.82, 2.24) is 0 Å². The van der Waals surface area contributed by atoms with Crippen molar-refractivity contribution >= 4 is 39.5 Å². The normalized spacial score (nSPS) is 14.1. The van der Waals surface area contributed by atoms with Crippen molar-refractivity contribution in [1.29, 1.82) is 0 Å². The molecule has 92 heavy (non-hydrogen) atoms. The monoisotopic (exact) mass is 1350 g/mol. The molecule has 17 nitrogen and oxygen atoms in total. The second kappa shape index (κ2) is 65.0. The lowest BCUT2D eigenvalue weighted by atomic mass is 10.0. The molecule has 19 heteroatoms. The lowest BCUT2D eigenvalue weighted by Gasteiger charge is -2.21. The molecule has 2 unspecified atom stereocenters. The Morgan fingerprint density at radius 3 is 0.739 bits per heavy atom. The Labute approximate surface area is 562 Å². The predicted molar refractivity (Wildman–Crippen MR) is 372 cm³/mol. The summed E-state index contributed by atoms with van der Waals surface area (Å²) in [5.41, 5.74) is 0. The van der Waals surface area contributed by atoms with Crippen LogP contribution in [0.5, 0.6) is 0 Å². The van der Waals surface area contributed by atoms with Crippen LogP contribution in [0.2, 0.25) is 0 Å². The van der Waals surface area contributed by atoms with Gasteiger partial charge < -0.3 is 33.8 Å². The van der Waals surface area contributed by atoms with Gasteiger partial charge >= 0.3 is 39.5 Å². The molecule has 0 amide bonds. The Morgan fingerprint density at radius 1 is 0.293 bits per heavy atom. The van der Waals surface area contributed by atoms with Crippen molar-refractivity contribution in [2.24, 2.45) is 11.8 Å². The molecular formula is C73H142O17P2. The Hall–Kier alpha value is -1.94. The van der Waals surface area contributed by atoms with Crippen molar-refractivity contribution in [2.45, 2.75) is 394 Å². The molecule has 0 saturated heterocycles. The second-order valence-electron chi connectivity index (χ2n) is 27.3. The summed E-state index contributed by atoms with van der Waals surface area (Å²) in [5, 5.41) is 10.6. The number of carbonyl (C=O) groups excluding carboxylic acids is 4. The summed E-state index contributed by atoms with van der Waals surface area (Å²) in [7, 11) is -9.91. The standard InChI is InChI=1S/C73H142O17P2/c1-7-9-11-13-15-17-19-22-27-31-37-43-49-55-70(75)83-61-68(89-73(78)58-52-46-39-33-29-25-21-24-26-30-35-41-47-53-65(3)4)63-87-91(79,80)85-59-67(74)60-86-92(81,82)88-64-69(62-84-71(76)56-50-44-40-34-36-42-48-54-66(5)6)90-72(77)57-51-45-38-32-28-23-20-18-16-14-12-10-8-2/h65-69,74H,7-64H2,1-6H3,(H,79,80)(H,81,82)/t67-,68-,69-/m1/s1. The van der Waals surface area contributed by atoms with E-state index < -0.39 is 97.5 Å². The van der Waals surface area contributed by atoms with E-state index in [1.165, 1.54) is 186 Å². The summed E-state index contributed by atoms with van der Waals surface area (Å²) in [6, 6.07) is 0. The number of rotatable bonds is 72. The lowest BCUT2D eigenvalue weighted by Crippen LogP contribution is -2.30. The summed E-state index contributed by atoms with van der Waals surface area (Å²) in [6.45, 7) is 9.54. The molecule has 0 aromatic carbocycles. The summed E-state index contributed by atoms with van der Waals surface area (Å²) in [6.07, 6.45) is 51.2. The van der Waals surface area contributed by atoms with Gasteiger partial charge in [0, 0.05) is 25.7 Å². The highest BCUT2D eigenvalue weighted by Crippen LogP contribution is 2.45. The highest BCUT2D eigenvalue weighted by molar-refractivity contribution is 7.47. The summed E-state index contributed by atoms with van der Waals surface area (Å²) in [4.78, 5) is 72.7. The summed E-state index contributed by atoms with van der Waals surface area (Å²) in [5.74, 6) is -0.626. The van der Waals surface area contributed by atoms with Gasteiger partial charge in [0.1, 0.15) is 19.3 Å². The zero-order chi connectivity index (χ0) is 67.9. The molecule has 0 radical (unpaired) electrons. The van der Waals surface area contributed by atoms with Crippen molar-refractivity contribution in [3.8, 4) is 0 Å². The van der Waals surface area contributed by atoms with E-state index in [9.17, 15) is 43.2 Å². The minimum atomic E-state index is -4.95. The fourth-order valence-corrected chi connectivity index (χ4v) is 12.7. The van der Waals surface area contributed by atoms with E-state index in [0.29, 0.717) is 31.6 Å². The number of hydrogen-bond acceptors (Lipinski definition) is 15. The van der Waals surface area contributed by atoms with Crippen molar-refractivity contribution < 1.29 is 80.2 Å². The number of unbranched alkanes of at least 4 members (excludes halogenated alkanes) is 42. The molecule has 546 valence electrons. The van der Waals surface area contributed by atoms with Crippen LogP contribution in [0.25, 0.3) is 0 Å². The Morgan fingerprint density at radius 2 is 0.500 bits per heavy atom. The molecule has 0 bridgehead atoms. The molecule has 0 aliphatic carbocycles. The van der Waals surface area contributed by atoms with Gasteiger partial charge in [0.2, 0.25) is 0 Å². The number of carbonyl (C=O) groups is 4. The maximum absolute atomic E-state index is 13.1. The quantitative estimate of drug-likeness (QED) is 0.0222. The Balaban J connectivity index is 5.25. The SMILES string of the molecule is CCCCCCCCCCCCCCCC(=O)OC[C@H](COP(=O)(O)OC[C@@H](O)COP(=O)(O)OC[C@@H](COC(=O)CCCCCCCCCC(C)C)OC(=O)CCCCCCCCCCCCCCC)OC(=O)CCCCCCCCCCCCCCCC(C)C. The number of hydrogen-bond donors (Lipinski definition) is 3. The van der Waals surface area contributed by atoms with Gasteiger partial charge in [-0.15, -0.1) is 0 Å². The van der Waals surface area contributed by atoms with Gasteiger partial charge in [-0.1, -0.05) is 324 Å². The van der Waals surface area contributed by atoms with E-state index in [2.05, 4.69) is 41.5 Å². The number of ether oxygens (including phenoxy) is 4. The van der Waals surface area contributed by atoms with Crippen LogP contribution < -0.4 is 0 Å². The molecule has 0 spiro atoms. The number of aliphatic hydroxyl groups excluding tert-OH is 1. The molecule has 0 aliphatic heterocycles. The molecule has 5 atom stereocenters. The first-order valence-electron chi connectivity index (χ1n) is 38.0. The zero-order valence-electron chi connectivity index (χ0n) is 59.9. The molecule has 0 saturated carbocycles. The summed E-state index contributed by atoms with van der Waals surface area (Å²) >= 11 is 0. The Kier molecular flexibility index (Phi) is 63.7. The average molecular weight is 1350 g/mol. The van der Waals surface area contributed by atoms with Gasteiger partial charge in [-0.05, 0) is 37.5 Å². The van der Waals surface area contributed by atoms with Crippen molar-refractivity contribution in [3.63, 3.8) is 0 Å². The van der Waals surface area contributed by atoms with E-state index in [4.69, 9.17) is 37.0 Å². The maximum Gasteiger partial charge on any atom is 0.472 e. The number of phosphoric ester groups is 2. The molecule has 0 aromatic rings. The molecule has 0 heterocycles. The first kappa shape index (κ1) is 90.1. The smallest absolute Gasteiger partial charge is 0.462 e. The van der Waals surface area contributed by atoms with Crippen LogP contribution in [0.1, 0.15) is 375 Å². The third-order valence-electron chi connectivity index (χ3n) is 17.0. The largest absolute Gasteiger partial charge is 0.472 e. The topological polar surface area (TPSA) is 237 Å². The fourth-order valence-electron chi connectivity index (χ4n) is 11.1. The molecule has 0 aliphatic rings. The van der Waals surface area contributed by atoms with E-state index in [0.717, 1.165) is 102 Å². The van der Waals surface area contributed by atoms with Crippen LogP contribution in [-0.2, 0) is 65.4 Å². The highest BCUT2D eigenvalue weighted by Gasteiger charge is 2.30. The van der Waals surface area contributed by atoms with Crippen LogP contribution in [0, 0.1) is 11.8 Å². The first-order chi connectivity index (χ1) is 44.4.